The molecule has 2 rings (SSSR count). The molecule has 114 valence electrons. The highest BCUT2D eigenvalue weighted by Gasteiger charge is 2.08. The van der Waals surface area contributed by atoms with Gasteiger partial charge in [-0.3, -0.25) is 4.79 Å². The third-order valence-electron chi connectivity index (χ3n) is 2.36. The van der Waals surface area contributed by atoms with E-state index >= 15 is 0 Å². The van der Waals surface area contributed by atoms with E-state index in [-0.39, 0.29) is 18.3 Å². The van der Waals surface area contributed by atoms with E-state index in [1.165, 1.54) is 23.1 Å². The number of hydrogen-bond acceptors (Lipinski definition) is 6. The van der Waals surface area contributed by atoms with E-state index in [1.54, 1.807) is 11.6 Å². The molecule has 9 heteroatoms. The van der Waals surface area contributed by atoms with Gasteiger partial charge in [0.15, 0.2) is 4.34 Å². The lowest BCUT2D eigenvalue weighted by atomic mass is 10.2. The molecule has 0 unspecified atom stereocenters. The molecule has 21 heavy (non-hydrogen) atoms. The van der Waals surface area contributed by atoms with Crippen molar-refractivity contribution in [2.45, 2.75) is 22.1 Å². The summed E-state index contributed by atoms with van der Waals surface area (Å²) in [6.45, 7) is 0.506. The predicted octanol–water partition coefficient (Wildman–Crippen LogP) is 3.44. The minimum atomic E-state index is -0.0592. The molecule has 0 spiro atoms. The molecule has 1 amide bonds. The predicted molar refractivity (Wildman–Crippen MR) is 89.7 cm³/mol. The number of benzene rings is 1. The van der Waals surface area contributed by atoms with Gasteiger partial charge in [-0.25, -0.2) is 0 Å². The maximum Gasteiger partial charge on any atom is 0.224 e. The van der Waals surface area contributed by atoms with Crippen LogP contribution < -0.4 is 11.1 Å². The van der Waals surface area contributed by atoms with Crippen molar-refractivity contribution in [3.63, 3.8) is 0 Å². The Morgan fingerprint density at radius 2 is 2.29 bits per heavy atom. The normalized spacial score (nSPS) is 10.0. The summed E-state index contributed by atoms with van der Waals surface area (Å²) in [5, 5.41) is 11.1. The molecule has 0 atom stereocenters. The summed E-state index contributed by atoms with van der Waals surface area (Å²) in [5.41, 5.74) is 7.71. The number of nitrogens with zero attached hydrogens (tertiary/aromatic N) is 2. The van der Waals surface area contributed by atoms with E-state index in [1.807, 2.05) is 12.1 Å². The van der Waals surface area contributed by atoms with Gasteiger partial charge in [0, 0.05) is 17.0 Å². The second kappa shape index (κ2) is 9.22. The first-order chi connectivity index (χ1) is 9.69. The SMILES string of the molecule is Cl.NCCCC(=O)Nc1ccc(Sc2nncs2)c(Cl)c1. The van der Waals surface area contributed by atoms with Crippen molar-refractivity contribution < 1.29 is 4.79 Å². The second-order valence-corrected chi connectivity index (χ2v) is 6.42. The van der Waals surface area contributed by atoms with Crippen LogP contribution in [0.3, 0.4) is 0 Å². The van der Waals surface area contributed by atoms with Gasteiger partial charge in [0.05, 0.1) is 5.02 Å². The molecule has 5 nitrogen and oxygen atoms in total. The Hall–Kier alpha value is -0.860. The highest BCUT2D eigenvalue weighted by molar-refractivity contribution is 8.01. The summed E-state index contributed by atoms with van der Waals surface area (Å²) >= 11 is 9.10. The Kier molecular flexibility index (Phi) is 7.98. The zero-order valence-electron chi connectivity index (χ0n) is 10.9. The smallest absolute Gasteiger partial charge is 0.224 e. The van der Waals surface area contributed by atoms with Crippen molar-refractivity contribution in [3.05, 3.63) is 28.7 Å². The highest BCUT2D eigenvalue weighted by Crippen LogP contribution is 2.35. The fourth-order valence-corrected chi connectivity index (χ4v) is 3.18. The van der Waals surface area contributed by atoms with E-state index in [0.717, 1.165) is 9.24 Å². The van der Waals surface area contributed by atoms with E-state index in [9.17, 15) is 4.79 Å². The summed E-state index contributed by atoms with van der Waals surface area (Å²) in [6.07, 6.45) is 1.08. The van der Waals surface area contributed by atoms with Gasteiger partial charge in [-0.1, -0.05) is 34.7 Å². The molecule has 0 bridgehead atoms. The molecular weight excluding hydrogens is 351 g/mol. The Morgan fingerprint density at radius 1 is 1.48 bits per heavy atom. The van der Waals surface area contributed by atoms with Crippen molar-refractivity contribution in [3.8, 4) is 0 Å². The Balaban J connectivity index is 0.00000220. The van der Waals surface area contributed by atoms with E-state index in [4.69, 9.17) is 17.3 Å². The van der Waals surface area contributed by atoms with E-state index in [2.05, 4.69) is 15.5 Å². The molecule has 0 radical (unpaired) electrons. The Labute approximate surface area is 142 Å². The molecule has 2 aromatic rings. The zero-order valence-corrected chi connectivity index (χ0v) is 14.1. The molecule has 0 aliphatic carbocycles. The van der Waals surface area contributed by atoms with Crippen LogP contribution in [0.5, 0.6) is 0 Å². The number of nitrogens with one attached hydrogen (secondary N) is 1. The van der Waals surface area contributed by atoms with Crippen LogP contribution in [0.25, 0.3) is 0 Å². The van der Waals surface area contributed by atoms with E-state index in [0.29, 0.717) is 30.1 Å². The van der Waals surface area contributed by atoms with Crippen LogP contribution in [-0.4, -0.2) is 22.6 Å². The highest BCUT2D eigenvalue weighted by atomic mass is 35.5. The first-order valence-electron chi connectivity index (χ1n) is 5.92. The lowest BCUT2D eigenvalue weighted by molar-refractivity contribution is -0.116. The van der Waals surface area contributed by atoms with Gasteiger partial charge >= 0.3 is 0 Å². The van der Waals surface area contributed by atoms with Crippen LogP contribution in [0.15, 0.2) is 32.9 Å². The number of aromatic nitrogens is 2. The van der Waals surface area contributed by atoms with Crippen molar-refractivity contribution in [2.75, 3.05) is 11.9 Å². The minimum absolute atomic E-state index is 0. The summed E-state index contributed by atoms with van der Waals surface area (Å²) in [4.78, 5) is 12.5. The molecular formula is C12H14Cl2N4OS2. The topological polar surface area (TPSA) is 80.9 Å². The molecule has 0 saturated carbocycles. The molecule has 0 aliphatic rings. The number of hydrogen-bond donors (Lipinski definition) is 2. The van der Waals surface area contributed by atoms with Gasteiger partial charge in [-0.2, -0.15) is 0 Å². The third-order valence-corrected chi connectivity index (χ3v) is 4.64. The monoisotopic (exact) mass is 364 g/mol. The fraction of sp³-hybridized carbons (Fsp3) is 0.250. The number of carbonyl (C=O) groups is 1. The standard InChI is InChI=1S/C12H13ClN4OS2.ClH/c13-9-6-8(16-11(18)2-1-5-14)3-4-10(9)20-12-17-15-7-19-12;/h3-4,6-7H,1-2,5,14H2,(H,16,18);1H. The first-order valence-corrected chi connectivity index (χ1v) is 8.00. The number of anilines is 1. The van der Waals surface area contributed by atoms with Crippen molar-refractivity contribution in [1.29, 1.82) is 0 Å². The number of nitrogens with two attached hydrogens (primary N) is 1. The average molecular weight is 365 g/mol. The molecule has 0 aliphatic heterocycles. The Bertz CT molecular complexity index is 581. The van der Waals surface area contributed by atoms with Crippen molar-refractivity contribution >= 4 is 58.7 Å². The number of rotatable bonds is 6. The largest absolute Gasteiger partial charge is 0.330 e. The molecule has 3 N–H and O–H groups in total. The second-order valence-electron chi connectivity index (χ2n) is 3.89. The summed E-state index contributed by atoms with van der Waals surface area (Å²) in [5.74, 6) is -0.0592. The minimum Gasteiger partial charge on any atom is -0.330 e. The molecule has 1 aromatic heterocycles. The Morgan fingerprint density at radius 3 is 2.90 bits per heavy atom. The molecule has 0 fully saturated rings. The molecule has 1 heterocycles. The summed E-state index contributed by atoms with van der Waals surface area (Å²) in [7, 11) is 0. The number of amides is 1. The van der Waals surface area contributed by atoms with Crippen LogP contribution >= 0.6 is 47.1 Å². The van der Waals surface area contributed by atoms with Crippen LogP contribution in [0.1, 0.15) is 12.8 Å². The van der Waals surface area contributed by atoms with E-state index < -0.39 is 0 Å². The van der Waals surface area contributed by atoms with Crippen LogP contribution in [0.4, 0.5) is 5.69 Å². The van der Waals surface area contributed by atoms with Gasteiger partial charge in [0.1, 0.15) is 5.51 Å². The number of carbonyl (C=O) groups excluding carboxylic acids is 1. The lowest BCUT2D eigenvalue weighted by Gasteiger charge is -2.07. The fourth-order valence-electron chi connectivity index (χ4n) is 1.45. The zero-order chi connectivity index (χ0) is 14.4. The van der Waals surface area contributed by atoms with Gasteiger partial charge in [-0.15, -0.1) is 22.6 Å². The molecule has 1 aromatic carbocycles. The quantitative estimate of drug-likeness (QED) is 0.820. The van der Waals surface area contributed by atoms with Gasteiger partial charge in [0.25, 0.3) is 0 Å². The molecule has 0 saturated heterocycles. The van der Waals surface area contributed by atoms with Crippen molar-refractivity contribution in [1.82, 2.24) is 10.2 Å². The van der Waals surface area contributed by atoms with Gasteiger partial charge in [0.2, 0.25) is 5.91 Å². The summed E-state index contributed by atoms with van der Waals surface area (Å²) < 4.78 is 0.826. The van der Waals surface area contributed by atoms with Gasteiger partial charge < -0.3 is 11.1 Å². The van der Waals surface area contributed by atoms with Crippen LogP contribution in [0.2, 0.25) is 5.02 Å². The van der Waals surface area contributed by atoms with Crippen LogP contribution in [-0.2, 0) is 4.79 Å². The lowest BCUT2D eigenvalue weighted by Crippen LogP contribution is -2.13. The van der Waals surface area contributed by atoms with Crippen molar-refractivity contribution in [2.24, 2.45) is 5.73 Å². The third kappa shape index (κ3) is 5.80. The number of halogens is 2. The summed E-state index contributed by atoms with van der Waals surface area (Å²) in [6, 6.07) is 5.40. The maximum atomic E-state index is 11.6. The first kappa shape index (κ1) is 18.2. The van der Waals surface area contributed by atoms with Crippen LogP contribution in [0, 0.1) is 0 Å². The average Bonchev–Trinajstić information content (AvgIpc) is 2.92. The van der Waals surface area contributed by atoms with Gasteiger partial charge in [-0.05, 0) is 31.2 Å². The maximum absolute atomic E-state index is 11.6.